The van der Waals surface area contributed by atoms with Crippen molar-refractivity contribution in [2.45, 2.75) is 78.9 Å². The van der Waals surface area contributed by atoms with Crippen molar-refractivity contribution in [3.8, 4) is 0 Å². The zero-order chi connectivity index (χ0) is 15.8. The summed E-state index contributed by atoms with van der Waals surface area (Å²) in [4.78, 5) is 14.4. The van der Waals surface area contributed by atoms with Crippen molar-refractivity contribution in [3.63, 3.8) is 0 Å². The van der Waals surface area contributed by atoms with Crippen LogP contribution in [0.1, 0.15) is 66.7 Å². The summed E-state index contributed by atoms with van der Waals surface area (Å²) in [5.41, 5.74) is 0.699. The van der Waals surface area contributed by atoms with E-state index in [1.165, 1.54) is 12.8 Å². The Morgan fingerprint density at radius 2 is 1.95 bits per heavy atom. The molecule has 3 heteroatoms. The summed E-state index contributed by atoms with van der Waals surface area (Å²) in [6.45, 7) is 12.6. The molecule has 2 fully saturated rings. The average Bonchev–Trinajstić information content (AvgIpc) is 2.86. The normalized spacial score (nSPS) is 33.0. The van der Waals surface area contributed by atoms with Gasteiger partial charge in [-0.1, -0.05) is 27.7 Å². The molecule has 0 amide bonds. The number of nitrogens with zero attached hydrogens (tertiary/aromatic N) is 1. The summed E-state index contributed by atoms with van der Waals surface area (Å²) in [5.74, 6) is 0.633. The molecular formula is C18H33NO2. The molecule has 0 bridgehead atoms. The Morgan fingerprint density at radius 1 is 1.29 bits per heavy atom. The molecule has 122 valence electrons. The number of carbonyl (C=O) groups is 1. The van der Waals surface area contributed by atoms with Gasteiger partial charge in [-0.3, -0.25) is 9.69 Å². The summed E-state index contributed by atoms with van der Waals surface area (Å²) < 4.78 is 5.75. The van der Waals surface area contributed by atoms with Gasteiger partial charge in [0.05, 0.1) is 6.10 Å². The van der Waals surface area contributed by atoms with Crippen LogP contribution in [0.2, 0.25) is 0 Å². The lowest BCUT2D eigenvalue weighted by Crippen LogP contribution is -2.37. The molecule has 1 aliphatic heterocycles. The molecule has 3 nitrogen and oxygen atoms in total. The van der Waals surface area contributed by atoms with Gasteiger partial charge in [0, 0.05) is 0 Å². The molecule has 1 aliphatic carbocycles. The predicted octanol–water partition coefficient (Wildman–Crippen LogP) is 3.86. The minimum Gasteiger partial charge on any atom is -0.461 e. The number of likely N-dealkylation sites (N-methyl/N-ethyl adjacent to an activating group) is 1. The van der Waals surface area contributed by atoms with E-state index < -0.39 is 0 Å². The number of hydrogen-bond donors (Lipinski definition) is 0. The number of likely N-dealkylation sites (tertiary alicyclic amines) is 1. The molecule has 1 saturated heterocycles. The number of hydrogen-bond acceptors (Lipinski definition) is 3. The topological polar surface area (TPSA) is 29.5 Å². The second-order valence-electron chi connectivity index (χ2n) is 8.46. The monoisotopic (exact) mass is 295 g/mol. The maximum atomic E-state index is 12.3. The Morgan fingerprint density at radius 3 is 2.43 bits per heavy atom. The Labute approximate surface area is 130 Å². The molecule has 21 heavy (non-hydrogen) atoms. The van der Waals surface area contributed by atoms with Gasteiger partial charge in [0.15, 0.2) is 0 Å². The Hall–Kier alpha value is -0.570. The third-order valence-corrected chi connectivity index (χ3v) is 6.61. The van der Waals surface area contributed by atoms with E-state index in [9.17, 15) is 4.79 Å². The maximum Gasteiger partial charge on any atom is 0.323 e. The first-order chi connectivity index (χ1) is 9.65. The van der Waals surface area contributed by atoms with E-state index in [-0.39, 0.29) is 18.1 Å². The molecule has 1 saturated carbocycles. The highest BCUT2D eigenvalue weighted by Gasteiger charge is 2.48. The molecule has 2 rings (SSSR count). The van der Waals surface area contributed by atoms with Crippen LogP contribution < -0.4 is 0 Å². The molecule has 0 aromatic carbocycles. The van der Waals surface area contributed by atoms with E-state index in [1.54, 1.807) is 0 Å². The summed E-state index contributed by atoms with van der Waals surface area (Å²) in [7, 11) is 2.02. The first-order valence-corrected chi connectivity index (χ1v) is 8.56. The van der Waals surface area contributed by atoms with Gasteiger partial charge >= 0.3 is 5.97 Å². The van der Waals surface area contributed by atoms with Crippen LogP contribution >= 0.6 is 0 Å². The summed E-state index contributed by atoms with van der Waals surface area (Å²) in [5, 5.41) is 0. The van der Waals surface area contributed by atoms with E-state index in [0.717, 1.165) is 25.8 Å². The van der Waals surface area contributed by atoms with Crippen molar-refractivity contribution in [2.75, 3.05) is 13.6 Å². The van der Waals surface area contributed by atoms with E-state index >= 15 is 0 Å². The molecule has 0 aromatic heterocycles. The lowest BCUT2D eigenvalue weighted by Gasteiger charge is -2.40. The van der Waals surface area contributed by atoms with Crippen LogP contribution in [-0.2, 0) is 9.53 Å². The molecule has 2 unspecified atom stereocenters. The maximum absolute atomic E-state index is 12.3. The van der Waals surface area contributed by atoms with Gasteiger partial charge in [0.25, 0.3) is 0 Å². The largest absolute Gasteiger partial charge is 0.461 e. The van der Waals surface area contributed by atoms with E-state index in [4.69, 9.17) is 4.74 Å². The second-order valence-corrected chi connectivity index (χ2v) is 8.46. The number of esters is 1. The standard InChI is InChI=1S/C18H33NO2/c1-13(21-16(20)15-8-7-11-19(15)6)12-14-9-10-17(2,3)18(14,4)5/h13-15H,7-12H2,1-6H3/t13?,14?,15-/m0/s1. The smallest absolute Gasteiger partial charge is 0.323 e. The number of carbonyl (C=O) groups excluding carboxylic acids is 1. The van der Waals surface area contributed by atoms with Gasteiger partial charge in [0.2, 0.25) is 0 Å². The van der Waals surface area contributed by atoms with Gasteiger partial charge < -0.3 is 4.74 Å². The molecule has 3 atom stereocenters. The fourth-order valence-electron chi connectivity index (χ4n) is 4.12. The zero-order valence-corrected chi connectivity index (χ0v) is 14.7. The molecule has 2 aliphatic rings. The van der Waals surface area contributed by atoms with Crippen molar-refractivity contribution in [2.24, 2.45) is 16.7 Å². The highest BCUT2D eigenvalue weighted by molar-refractivity contribution is 5.76. The molecule has 0 aromatic rings. The van der Waals surface area contributed by atoms with E-state index in [2.05, 4.69) is 39.5 Å². The van der Waals surface area contributed by atoms with Crippen molar-refractivity contribution in [1.82, 2.24) is 4.90 Å². The molecule has 0 radical (unpaired) electrons. The quantitative estimate of drug-likeness (QED) is 0.738. The van der Waals surface area contributed by atoms with Gasteiger partial charge in [-0.15, -0.1) is 0 Å². The minimum atomic E-state index is -0.0161. The third-order valence-electron chi connectivity index (χ3n) is 6.61. The Balaban J connectivity index is 1.88. The lowest BCUT2D eigenvalue weighted by molar-refractivity contribution is -0.154. The van der Waals surface area contributed by atoms with Crippen molar-refractivity contribution >= 4 is 5.97 Å². The fraction of sp³-hybridized carbons (Fsp3) is 0.944. The van der Waals surface area contributed by atoms with Crippen LogP contribution in [-0.4, -0.2) is 36.6 Å². The highest BCUT2D eigenvalue weighted by Crippen LogP contribution is 2.56. The molecular weight excluding hydrogens is 262 g/mol. The van der Waals surface area contributed by atoms with Crippen LogP contribution in [0.3, 0.4) is 0 Å². The highest BCUT2D eigenvalue weighted by atomic mass is 16.5. The van der Waals surface area contributed by atoms with Crippen molar-refractivity contribution < 1.29 is 9.53 Å². The van der Waals surface area contributed by atoms with Gasteiger partial charge in [-0.25, -0.2) is 0 Å². The third kappa shape index (κ3) is 3.28. The van der Waals surface area contributed by atoms with Crippen LogP contribution in [0.4, 0.5) is 0 Å². The first kappa shape index (κ1) is 16.8. The lowest BCUT2D eigenvalue weighted by atomic mass is 9.66. The zero-order valence-electron chi connectivity index (χ0n) is 14.7. The SMILES string of the molecule is CC(CC1CCC(C)(C)C1(C)C)OC(=O)[C@@H]1CCCN1C. The van der Waals surface area contributed by atoms with E-state index in [1.807, 2.05) is 7.05 Å². The molecule has 0 spiro atoms. The Kier molecular flexibility index (Phi) is 4.72. The number of rotatable bonds is 4. The second kappa shape index (κ2) is 5.91. The van der Waals surface area contributed by atoms with Crippen LogP contribution in [0, 0.1) is 16.7 Å². The number of ether oxygens (including phenoxy) is 1. The molecule has 0 N–H and O–H groups in total. The van der Waals surface area contributed by atoms with Crippen molar-refractivity contribution in [3.05, 3.63) is 0 Å². The Bertz CT molecular complexity index is 389. The van der Waals surface area contributed by atoms with Crippen LogP contribution in [0.15, 0.2) is 0 Å². The predicted molar refractivity (Wildman–Crippen MR) is 86.1 cm³/mol. The van der Waals surface area contributed by atoms with E-state index in [0.29, 0.717) is 16.7 Å². The first-order valence-electron chi connectivity index (χ1n) is 8.56. The van der Waals surface area contributed by atoms with Gasteiger partial charge in [-0.2, -0.15) is 0 Å². The summed E-state index contributed by atoms with van der Waals surface area (Å²) in [6, 6.07) is -0.0134. The minimum absolute atomic E-state index is 0.0134. The van der Waals surface area contributed by atoms with Crippen LogP contribution in [0.5, 0.6) is 0 Å². The summed E-state index contributed by atoms with van der Waals surface area (Å²) >= 11 is 0. The van der Waals surface area contributed by atoms with Gasteiger partial charge in [-0.05, 0) is 69.4 Å². The van der Waals surface area contributed by atoms with Crippen molar-refractivity contribution in [1.29, 1.82) is 0 Å². The summed E-state index contributed by atoms with van der Waals surface area (Å²) in [6.07, 6.45) is 5.61. The average molecular weight is 295 g/mol. The fourth-order valence-corrected chi connectivity index (χ4v) is 4.12. The molecule has 1 heterocycles. The van der Waals surface area contributed by atoms with Crippen LogP contribution in [0.25, 0.3) is 0 Å². The van der Waals surface area contributed by atoms with Gasteiger partial charge in [0.1, 0.15) is 6.04 Å².